The SMILES string of the molecule is C[C@H](NC(=O)c1ccc2c(c1)/C(=C(/Nc1cccc(CN3CCCCC3)c1)c1ccccc1)C(=O)N2)c1ccc(Cl)cc1. The van der Waals surface area contributed by atoms with E-state index in [1.165, 1.54) is 24.8 Å². The Morgan fingerprint density at radius 3 is 2.42 bits per heavy atom. The second kappa shape index (κ2) is 12.9. The van der Waals surface area contributed by atoms with E-state index >= 15 is 0 Å². The van der Waals surface area contributed by atoms with E-state index in [1.807, 2.05) is 67.6 Å². The van der Waals surface area contributed by atoms with Gasteiger partial charge in [-0.15, -0.1) is 0 Å². The number of nitrogens with zero attached hydrogens (tertiary/aromatic N) is 1. The Bertz CT molecular complexity index is 1660. The number of hydrogen-bond donors (Lipinski definition) is 3. The Morgan fingerprint density at radius 1 is 0.884 bits per heavy atom. The third-order valence-electron chi connectivity index (χ3n) is 8.11. The molecular formula is C36H35ClN4O2. The maximum atomic E-state index is 13.5. The van der Waals surface area contributed by atoms with Crippen molar-refractivity contribution >= 4 is 46.1 Å². The van der Waals surface area contributed by atoms with Crippen LogP contribution in [0.5, 0.6) is 0 Å². The number of benzene rings is 4. The van der Waals surface area contributed by atoms with Crippen LogP contribution in [0.2, 0.25) is 5.02 Å². The van der Waals surface area contributed by atoms with E-state index in [0.29, 0.717) is 33.1 Å². The summed E-state index contributed by atoms with van der Waals surface area (Å²) in [5, 5.41) is 10.3. The van der Waals surface area contributed by atoms with Gasteiger partial charge in [-0.05, 0) is 92.0 Å². The van der Waals surface area contributed by atoms with Crippen LogP contribution in [0.25, 0.3) is 11.3 Å². The second-order valence-electron chi connectivity index (χ2n) is 11.2. The van der Waals surface area contributed by atoms with Gasteiger partial charge < -0.3 is 16.0 Å². The van der Waals surface area contributed by atoms with Gasteiger partial charge in [-0.1, -0.05) is 72.6 Å². The van der Waals surface area contributed by atoms with Crippen LogP contribution in [-0.2, 0) is 11.3 Å². The average molecular weight is 591 g/mol. The zero-order chi connectivity index (χ0) is 29.8. The van der Waals surface area contributed by atoms with E-state index in [2.05, 4.69) is 39.0 Å². The average Bonchev–Trinajstić information content (AvgIpc) is 3.36. The predicted molar refractivity (Wildman–Crippen MR) is 175 cm³/mol. The van der Waals surface area contributed by atoms with Gasteiger partial charge in [0.2, 0.25) is 0 Å². The van der Waals surface area contributed by atoms with Crippen molar-refractivity contribution in [2.24, 2.45) is 0 Å². The van der Waals surface area contributed by atoms with Gasteiger partial charge in [0.25, 0.3) is 11.8 Å². The quantitative estimate of drug-likeness (QED) is 0.183. The molecule has 1 fully saturated rings. The molecule has 1 atom stereocenters. The Kier molecular flexibility index (Phi) is 8.59. The number of rotatable bonds is 8. The highest BCUT2D eigenvalue weighted by molar-refractivity contribution is 6.37. The summed E-state index contributed by atoms with van der Waals surface area (Å²) in [5.74, 6) is -0.429. The molecule has 3 N–H and O–H groups in total. The second-order valence-corrected chi connectivity index (χ2v) is 11.7. The molecule has 6 nitrogen and oxygen atoms in total. The van der Waals surface area contributed by atoms with Crippen LogP contribution in [0.4, 0.5) is 11.4 Å². The van der Waals surface area contributed by atoms with Crippen LogP contribution >= 0.6 is 11.6 Å². The molecule has 0 unspecified atom stereocenters. The fourth-order valence-electron chi connectivity index (χ4n) is 5.82. The van der Waals surface area contributed by atoms with Gasteiger partial charge in [0.05, 0.1) is 17.3 Å². The summed E-state index contributed by atoms with van der Waals surface area (Å²) in [4.78, 5) is 29.3. The lowest BCUT2D eigenvalue weighted by molar-refractivity contribution is -0.110. The van der Waals surface area contributed by atoms with Crippen molar-refractivity contribution in [3.05, 3.63) is 130 Å². The monoisotopic (exact) mass is 590 g/mol. The van der Waals surface area contributed by atoms with Gasteiger partial charge in [0, 0.05) is 34.1 Å². The smallest absolute Gasteiger partial charge is 0.258 e. The molecule has 0 spiro atoms. The summed E-state index contributed by atoms with van der Waals surface area (Å²) >= 11 is 6.03. The van der Waals surface area contributed by atoms with Crippen LogP contribution in [0.1, 0.15) is 64.8 Å². The minimum Gasteiger partial charge on any atom is -0.354 e. The predicted octanol–water partition coefficient (Wildman–Crippen LogP) is 7.75. The van der Waals surface area contributed by atoms with Crippen molar-refractivity contribution in [3.63, 3.8) is 0 Å². The molecule has 4 aromatic carbocycles. The van der Waals surface area contributed by atoms with Crippen molar-refractivity contribution in [2.45, 2.75) is 38.8 Å². The Labute approximate surface area is 257 Å². The number of anilines is 2. The van der Waals surface area contributed by atoms with Crippen LogP contribution in [0, 0.1) is 0 Å². The summed E-state index contributed by atoms with van der Waals surface area (Å²) in [5.41, 5.74) is 7.01. The largest absolute Gasteiger partial charge is 0.354 e. The molecule has 2 aliphatic rings. The number of hydrogen-bond acceptors (Lipinski definition) is 4. The van der Waals surface area contributed by atoms with Gasteiger partial charge >= 0.3 is 0 Å². The Hall–Kier alpha value is -4.39. The number of halogens is 1. The molecule has 6 rings (SSSR count). The zero-order valence-electron chi connectivity index (χ0n) is 24.2. The summed E-state index contributed by atoms with van der Waals surface area (Å²) in [7, 11) is 0. The highest BCUT2D eigenvalue weighted by atomic mass is 35.5. The van der Waals surface area contributed by atoms with Crippen molar-refractivity contribution in [1.29, 1.82) is 0 Å². The first-order valence-corrected chi connectivity index (χ1v) is 15.2. The molecule has 0 saturated carbocycles. The van der Waals surface area contributed by atoms with E-state index in [0.717, 1.165) is 36.4 Å². The van der Waals surface area contributed by atoms with E-state index in [4.69, 9.17) is 11.6 Å². The number of fused-ring (bicyclic) bond motifs is 1. The van der Waals surface area contributed by atoms with Crippen LogP contribution in [0.15, 0.2) is 97.1 Å². The molecule has 0 aromatic heterocycles. The summed E-state index contributed by atoms with van der Waals surface area (Å²) in [6.07, 6.45) is 3.80. The number of piperidine rings is 1. The maximum absolute atomic E-state index is 13.5. The molecular weight excluding hydrogens is 556 g/mol. The maximum Gasteiger partial charge on any atom is 0.258 e. The number of carbonyl (C=O) groups excluding carboxylic acids is 2. The lowest BCUT2D eigenvalue weighted by Crippen LogP contribution is -2.29. The Morgan fingerprint density at radius 2 is 1.65 bits per heavy atom. The topological polar surface area (TPSA) is 73.5 Å². The molecule has 2 aliphatic heterocycles. The van der Waals surface area contributed by atoms with Gasteiger partial charge in [-0.2, -0.15) is 0 Å². The van der Waals surface area contributed by atoms with Crippen LogP contribution < -0.4 is 16.0 Å². The Balaban J connectivity index is 1.32. The van der Waals surface area contributed by atoms with Crippen LogP contribution in [-0.4, -0.2) is 29.8 Å². The number of carbonyl (C=O) groups is 2. The molecule has 0 aliphatic carbocycles. The van der Waals surface area contributed by atoms with Gasteiger partial charge in [0.1, 0.15) is 0 Å². The molecule has 218 valence electrons. The van der Waals surface area contributed by atoms with E-state index in [1.54, 1.807) is 18.2 Å². The van der Waals surface area contributed by atoms with Crippen LogP contribution in [0.3, 0.4) is 0 Å². The number of nitrogens with one attached hydrogen (secondary N) is 3. The molecule has 0 radical (unpaired) electrons. The third-order valence-corrected chi connectivity index (χ3v) is 8.36. The van der Waals surface area contributed by atoms with Gasteiger partial charge in [-0.3, -0.25) is 14.5 Å². The van der Waals surface area contributed by atoms with Crippen molar-refractivity contribution in [1.82, 2.24) is 10.2 Å². The number of likely N-dealkylation sites (tertiary alicyclic amines) is 1. The highest BCUT2D eigenvalue weighted by Crippen LogP contribution is 2.38. The van der Waals surface area contributed by atoms with Gasteiger partial charge in [0.15, 0.2) is 0 Å². The zero-order valence-corrected chi connectivity index (χ0v) is 25.0. The fourth-order valence-corrected chi connectivity index (χ4v) is 5.95. The fraction of sp³-hybridized carbons (Fsp3) is 0.222. The van der Waals surface area contributed by atoms with E-state index in [9.17, 15) is 9.59 Å². The molecule has 1 saturated heterocycles. The lowest BCUT2D eigenvalue weighted by atomic mass is 9.98. The summed E-state index contributed by atoms with van der Waals surface area (Å²) in [6, 6.07) is 30.8. The minimum atomic E-state index is -0.219. The van der Waals surface area contributed by atoms with E-state index in [-0.39, 0.29) is 17.9 Å². The normalized spacial score (nSPS) is 16.7. The lowest BCUT2D eigenvalue weighted by Gasteiger charge is -2.26. The first kappa shape index (κ1) is 28.7. The summed E-state index contributed by atoms with van der Waals surface area (Å²) < 4.78 is 0. The molecule has 2 amide bonds. The van der Waals surface area contributed by atoms with Crippen molar-refractivity contribution in [2.75, 3.05) is 23.7 Å². The van der Waals surface area contributed by atoms with Crippen molar-refractivity contribution < 1.29 is 9.59 Å². The van der Waals surface area contributed by atoms with E-state index < -0.39 is 0 Å². The molecule has 0 bridgehead atoms. The van der Waals surface area contributed by atoms with Gasteiger partial charge in [-0.25, -0.2) is 0 Å². The molecule has 4 aromatic rings. The summed E-state index contributed by atoms with van der Waals surface area (Å²) in [6.45, 7) is 5.09. The molecule has 7 heteroatoms. The first-order chi connectivity index (χ1) is 20.9. The first-order valence-electron chi connectivity index (χ1n) is 14.8. The number of amides is 2. The molecule has 2 heterocycles. The van der Waals surface area contributed by atoms with Crippen molar-refractivity contribution in [3.8, 4) is 0 Å². The standard InChI is InChI=1S/C36H35ClN4O2/c1-24(26-13-16-29(37)17-14-26)38-35(42)28-15-18-32-31(22-28)33(36(43)40-32)34(27-10-4-2-5-11-27)39-30-12-8-9-25(21-30)23-41-19-6-3-7-20-41/h2,4-5,8-18,21-22,24,39H,3,6-7,19-20,23H2,1H3,(H,38,42)(H,40,43)/b34-33-/t24-/m0/s1. The minimum absolute atomic E-state index is 0.210. The highest BCUT2D eigenvalue weighted by Gasteiger charge is 2.29. The third kappa shape index (κ3) is 6.66. The molecule has 43 heavy (non-hydrogen) atoms.